The number of amides is 1. The molecule has 0 unspecified atom stereocenters. The minimum absolute atomic E-state index is 0.331. The van der Waals surface area contributed by atoms with Crippen molar-refractivity contribution < 1.29 is 9.53 Å². The number of unbranched alkanes of at least 4 members (excludes halogenated alkanes) is 3. The van der Waals surface area contributed by atoms with E-state index in [0.29, 0.717) is 6.54 Å². The minimum Gasteiger partial charge on any atom is -0.444 e. The van der Waals surface area contributed by atoms with Gasteiger partial charge >= 0.3 is 6.09 Å². The number of carbonyl (C=O) groups is 1. The van der Waals surface area contributed by atoms with Crippen LogP contribution in [0.3, 0.4) is 0 Å². The molecule has 0 atom stereocenters. The van der Waals surface area contributed by atoms with Gasteiger partial charge in [-0.1, -0.05) is 31.0 Å². The summed E-state index contributed by atoms with van der Waals surface area (Å²) in [6.45, 7) is 7.22. The van der Waals surface area contributed by atoms with Gasteiger partial charge in [0.1, 0.15) is 5.60 Å². The third-order valence-electron chi connectivity index (χ3n) is 4.47. The lowest BCUT2D eigenvalue weighted by atomic mass is 10.1. The quantitative estimate of drug-likeness (QED) is 0.503. The van der Waals surface area contributed by atoms with E-state index in [4.69, 9.17) is 9.72 Å². The molecule has 158 valence electrons. The maximum atomic E-state index is 11.6. The highest BCUT2D eigenvalue weighted by atomic mass is 32.2. The summed E-state index contributed by atoms with van der Waals surface area (Å²) in [6, 6.07) is 8.57. The van der Waals surface area contributed by atoms with E-state index < -0.39 is 5.60 Å². The van der Waals surface area contributed by atoms with Crippen molar-refractivity contribution in [2.75, 3.05) is 24.2 Å². The van der Waals surface area contributed by atoms with Crippen molar-refractivity contribution in [1.82, 2.24) is 10.3 Å². The van der Waals surface area contributed by atoms with Crippen LogP contribution < -0.4 is 10.6 Å². The Morgan fingerprint density at radius 2 is 1.90 bits per heavy atom. The fraction of sp³-hybridized carbons (Fsp3) is 0.545. The second-order valence-electron chi connectivity index (χ2n) is 8.16. The van der Waals surface area contributed by atoms with Gasteiger partial charge in [0.15, 0.2) is 5.13 Å². The molecule has 3 rings (SSSR count). The number of carbonyl (C=O) groups excluding carboxylic acids is 1. The van der Waals surface area contributed by atoms with Crippen molar-refractivity contribution in [3.63, 3.8) is 0 Å². The number of nitrogens with zero attached hydrogens (tertiary/aromatic N) is 1. The number of fused-ring (bicyclic) bond motifs is 3. The number of alkyl carbamates (subject to hydrolysis) is 1. The second-order valence-corrected chi connectivity index (χ2v) is 10.4. The van der Waals surface area contributed by atoms with Crippen LogP contribution in [0.4, 0.5) is 9.93 Å². The van der Waals surface area contributed by atoms with Gasteiger partial charge in [0, 0.05) is 34.2 Å². The summed E-state index contributed by atoms with van der Waals surface area (Å²) in [5, 5.41) is 7.34. The van der Waals surface area contributed by atoms with Gasteiger partial charge in [-0.15, -0.1) is 23.1 Å². The molecule has 1 amide bonds. The molecule has 0 aliphatic carbocycles. The minimum atomic E-state index is -0.440. The zero-order valence-electron chi connectivity index (χ0n) is 17.5. The lowest BCUT2D eigenvalue weighted by molar-refractivity contribution is 0.0527. The van der Waals surface area contributed by atoms with Crippen LogP contribution in [0.2, 0.25) is 0 Å². The largest absolute Gasteiger partial charge is 0.444 e. The number of aromatic nitrogens is 1. The Hall–Kier alpha value is -1.73. The number of hydrogen-bond acceptors (Lipinski definition) is 6. The Morgan fingerprint density at radius 1 is 1.14 bits per heavy atom. The SMILES string of the molecule is CC(C)(C)OC(=O)NCCCCCCNc1nc2c(s1)CCSc1ccccc1-2. The van der Waals surface area contributed by atoms with Gasteiger partial charge < -0.3 is 15.4 Å². The third kappa shape index (κ3) is 6.93. The zero-order chi connectivity index (χ0) is 20.7. The van der Waals surface area contributed by atoms with Gasteiger partial charge in [-0.05, 0) is 46.1 Å². The zero-order valence-corrected chi connectivity index (χ0v) is 19.2. The van der Waals surface area contributed by atoms with Crippen LogP contribution in [0.25, 0.3) is 11.3 Å². The first-order valence-electron chi connectivity index (χ1n) is 10.3. The third-order valence-corrected chi connectivity index (χ3v) is 6.62. The van der Waals surface area contributed by atoms with Crippen molar-refractivity contribution in [3.8, 4) is 11.3 Å². The standard InChI is InChI=1S/C22H31N3O2S2/c1-22(2,3)27-21(26)24-14-9-5-4-8-13-23-20-25-19-16-10-6-7-11-17(16)28-15-12-18(19)29-20/h6-7,10-11H,4-5,8-9,12-15H2,1-3H3,(H,23,25)(H,24,26). The van der Waals surface area contributed by atoms with Gasteiger partial charge in [-0.3, -0.25) is 0 Å². The first kappa shape index (κ1) is 22.0. The number of anilines is 1. The fourth-order valence-corrected chi connectivity index (χ4v) is 5.30. The fourth-order valence-electron chi connectivity index (χ4n) is 3.15. The highest BCUT2D eigenvalue weighted by molar-refractivity contribution is 7.99. The van der Waals surface area contributed by atoms with Crippen LogP contribution in [-0.2, 0) is 11.2 Å². The van der Waals surface area contributed by atoms with E-state index in [1.165, 1.54) is 15.3 Å². The molecule has 0 saturated carbocycles. The van der Waals surface area contributed by atoms with Gasteiger partial charge in [0.2, 0.25) is 0 Å². The van der Waals surface area contributed by atoms with Crippen LogP contribution in [-0.4, -0.2) is 35.5 Å². The molecule has 0 fully saturated rings. The average molecular weight is 434 g/mol. The molecule has 0 saturated heterocycles. The average Bonchev–Trinajstić information content (AvgIpc) is 2.97. The van der Waals surface area contributed by atoms with Crippen LogP contribution >= 0.6 is 23.1 Å². The lowest BCUT2D eigenvalue weighted by Crippen LogP contribution is -2.32. The smallest absolute Gasteiger partial charge is 0.407 e. The summed E-state index contributed by atoms with van der Waals surface area (Å²) in [5.41, 5.74) is 1.99. The number of hydrogen-bond donors (Lipinski definition) is 2. The normalized spacial score (nSPS) is 13.2. The predicted molar refractivity (Wildman–Crippen MR) is 123 cm³/mol. The number of aryl methyl sites for hydroxylation is 1. The summed E-state index contributed by atoms with van der Waals surface area (Å²) in [6.07, 6.45) is 5.05. The van der Waals surface area contributed by atoms with E-state index in [-0.39, 0.29) is 6.09 Å². The van der Waals surface area contributed by atoms with E-state index in [1.54, 1.807) is 11.3 Å². The first-order valence-corrected chi connectivity index (χ1v) is 12.2. The van der Waals surface area contributed by atoms with Gasteiger partial charge in [-0.25, -0.2) is 9.78 Å². The summed E-state index contributed by atoms with van der Waals surface area (Å²) in [7, 11) is 0. The molecule has 7 heteroatoms. The van der Waals surface area contributed by atoms with Crippen LogP contribution in [0.5, 0.6) is 0 Å². The van der Waals surface area contributed by atoms with Crippen molar-refractivity contribution in [3.05, 3.63) is 29.1 Å². The molecular formula is C22H31N3O2S2. The predicted octanol–water partition coefficient (Wildman–Crippen LogP) is 5.96. The molecule has 2 heterocycles. The molecule has 1 aliphatic heterocycles. The molecular weight excluding hydrogens is 402 g/mol. The van der Waals surface area contributed by atoms with E-state index in [1.807, 2.05) is 32.5 Å². The number of ether oxygens (including phenoxy) is 1. The van der Waals surface area contributed by atoms with Gasteiger partial charge in [0.05, 0.1) is 5.69 Å². The Bertz CT molecular complexity index is 815. The Balaban J connectivity index is 1.34. The number of benzene rings is 1. The molecule has 0 bridgehead atoms. The molecule has 1 aliphatic rings. The van der Waals surface area contributed by atoms with Crippen molar-refractivity contribution in [1.29, 1.82) is 0 Å². The molecule has 5 nitrogen and oxygen atoms in total. The highest BCUT2D eigenvalue weighted by Crippen LogP contribution is 2.40. The van der Waals surface area contributed by atoms with E-state index in [9.17, 15) is 4.79 Å². The topological polar surface area (TPSA) is 63.2 Å². The van der Waals surface area contributed by atoms with E-state index in [0.717, 1.165) is 55.2 Å². The summed E-state index contributed by atoms with van der Waals surface area (Å²) >= 11 is 3.72. The highest BCUT2D eigenvalue weighted by Gasteiger charge is 2.19. The Kier molecular flexibility index (Phi) is 7.84. The molecule has 2 N–H and O–H groups in total. The van der Waals surface area contributed by atoms with Crippen molar-refractivity contribution >= 4 is 34.3 Å². The van der Waals surface area contributed by atoms with Gasteiger partial charge in [0.25, 0.3) is 0 Å². The van der Waals surface area contributed by atoms with Crippen molar-refractivity contribution in [2.24, 2.45) is 0 Å². The molecule has 1 aromatic heterocycles. The van der Waals surface area contributed by atoms with E-state index in [2.05, 4.69) is 34.9 Å². The lowest BCUT2D eigenvalue weighted by Gasteiger charge is -2.19. The van der Waals surface area contributed by atoms with Crippen LogP contribution in [0.1, 0.15) is 51.3 Å². The van der Waals surface area contributed by atoms with Crippen molar-refractivity contribution in [2.45, 2.75) is 63.4 Å². The molecule has 1 aromatic carbocycles. The first-order chi connectivity index (χ1) is 13.9. The summed E-state index contributed by atoms with van der Waals surface area (Å²) in [5.74, 6) is 1.11. The van der Waals surface area contributed by atoms with E-state index >= 15 is 0 Å². The molecule has 29 heavy (non-hydrogen) atoms. The monoisotopic (exact) mass is 433 g/mol. The Labute approximate surface area is 182 Å². The summed E-state index contributed by atoms with van der Waals surface area (Å²) in [4.78, 5) is 19.2. The number of rotatable bonds is 8. The van der Waals surface area contributed by atoms with Crippen LogP contribution in [0, 0.1) is 0 Å². The second kappa shape index (κ2) is 10.3. The number of nitrogens with one attached hydrogen (secondary N) is 2. The maximum Gasteiger partial charge on any atom is 0.407 e. The summed E-state index contributed by atoms with van der Waals surface area (Å²) < 4.78 is 5.23. The molecule has 0 radical (unpaired) electrons. The molecule has 0 spiro atoms. The molecule has 2 aromatic rings. The van der Waals surface area contributed by atoms with Gasteiger partial charge in [-0.2, -0.15) is 0 Å². The van der Waals surface area contributed by atoms with Crippen LogP contribution in [0.15, 0.2) is 29.2 Å². The number of thiazole rings is 1. The maximum absolute atomic E-state index is 11.6. The number of thioether (sulfide) groups is 1. The Morgan fingerprint density at radius 3 is 2.69 bits per heavy atom.